The summed E-state index contributed by atoms with van der Waals surface area (Å²) in [6.07, 6.45) is 1.20. The number of halogens is 2. The zero-order chi connectivity index (χ0) is 18.1. The Morgan fingerprint density at radius 2 is 2.00 bits per heavy atom. The minimum absolute atomic E-state index is 0.0229. The van der Waals surface area contributed by atoms with Gasteiger partial charge in [-0.2, -0.15) is 0 Å². The summed E-state index contributed by atoms with van der Waals surface area (Å²) in [5, 5.41) is 13.2. The maximum absolute atomic E-state index is 13.3. The first-order valence-corrected chi connectivity index (χ1v) is 7.31. The minimum atomic E-state index is -0.788. The van der Waals surface area contributed by atoms with Crippen LogP contribution in [0, 0.1) is 15.9 Å². The van der Waals surface area contributed by atoms with Gasteiger partial charge >= 0.3 is 0 Å². The number of nitro benzene ring substituents is 1. The molecule has 0 bridgehead atoms. The molecule has 126 valence electrons. The van der Waals surface area contributed by atoms with E-state index in [1.807, 2.05) is 0 Å². The number of amides is 1. The minimum Gasteiger partial charge on any atom is -0.360 e. The molecule has 0 fully saturated rings. The lowest BCUT2D eigenvalue weighted by molar-refractivity contribution is -0.384. The molecule has 3 rings (SSSR count). The highest BCUT2D eigenvalue weighted by molar-refractivity contribution is 6.32. The van der Waals surface area contributed by atoms with E-state index in [0.29, 0.717) is 5.52 Å². The molecule has 0 aliphatic carbocycles. The molecule has 1 amide bonds. The van der Waals surface area contributed by atoms with E-state index in [1.54, 1.807) is 0 Å². The Bertz CT molecular complexity index is 1080. The zero-order valence-electron chi connectivity index (χ0n) is 12.4. The third kappa shape index (κ3) is 3.20. The van der Waals surface area contributed by atoms with Crippen LogP contribution in [0.4, 0.5) is 15.8 Å². The number of nitrogens with zero attached hydrogens (tertiary/aromatic N) is 1. The molecule has 1 aromatic heterocycles. The molecule has 25 heavy (non-hydrogen) atoms. The Morgan fingerprint density at radius 1 is 1.24 bits per heavy atom. The number of hydrogen-bond acceptors (Lipinski definition) is 4. The fourth-order valence-electron chi connectivity index (χ4n) is 2.29. The second-order valence-electron chi connectivity index (χ2n) is 5.10. The van der Waals surface area contributed by atoms with E-state index in [-0.39, 0.29) is 27.3 Å². The number of carbonyl (C=O) groups is 1. The van der Waals surface area contributed by atoms with Crippen molar-refractivity contribution in [1.82, 2.24) is 4.98 Å². The van der Waals surface area contributed by atoms with Gasteiger partial charge in [0.15, 0.2) is 0 Å². The summed E-state index contributed by atoms with van der Waals surface area (Å²) in [7, 11) is 0. The number of carbonyl (C=O) groups excluding carboxylic acids is 1. The van der Waals surface area contributed by atoms with E-state index in [4.69, 9.17) is 11.6 Å². The average molecular weight is 362 g/mol. The van der Waals surface area contributed by atoms with Gasteiger partial charge in [-0.15, -0.1) is 0 Å². The zero-order valence-corrected chi connectivity index (χ0v) is 13.1. The van der Waals surface area contributed by atoms with Gasteiger partial charge in [-0.1, -0.05) is 11.6 Å². The molecule has 0 atom stereocenters. The molecule has 0 radical (unpaired) electrons. The molecule has 7 nitrogen and oxygen atoms in total. The first-order valence-electron chi connectivity index (χ1n) is 6.93. The number of H-pyrrole nitrogens is 1. The summed E-state index contributed by atoms with van der Waals surface area (Å²) >= 11 is 5.71. The highest BCUT2D eigenvalue weighted by atomic mass is 35.5. The molecule has 0 aliphatic heterocycles. The molecule has 2 aromatic carbocycles. The topological polar surface area (TPSA) is 105 Å². The lowest BCUT2D eigenvalue weighted by Gasteiger charge is -2.06. The fourth-order valence-corrected chi connectivity index (χ4v) is 2.47. The highest BCUT2D eigenvalue weighted by Gasteiger charge is 2.17. The van der Waals surface area contributed by atoms with Gasteiger partial charge in [0.2, 0.25) is 5.43 Å². The largest absolute Gasteiger partial charge is 0.360 e. The number of hydrogen-bond donors (Lipinski definition) is 2. The number of pyridine rings is 1. The molecular formula is C16H9ClFN3O4. The van der Waals surface area contributed by atoms with Crippen molar-refractivity contribution >= 4 is 39.8 Å². The van der Waals surface area contributed by atoms with Crippen LogP contribution in [0.25, 0.3) is 10.9 Å². The second-order valence-corrected chi connectivity index (χ2v) is 5.51. The fraction of sp³-hybridized carbons (Fsp3) is 0. The Morgan fingerprint density at radius 3 is 2.72 bits per heavy atom. The molecule has 3 aromatic rings. The van der Waals surface area contributed by atoms with E-state index in [1.165, 1.54) is 30.5 Å². The lowest BCUT2D eigenvalue weighted by Crippen LogP contribution is -2.22. The van der Waals surface area contributed by atoms with E-state index in [9.17, 15) is 24.1 Å². The lowest BCUT2D eigenvalue weighted by atomic mass is 10.1. The molecule has 0 saturated carbocycles. The number of benzene rings is 2. The van der Waals surface area contributed by atoms with Crippen molar-refractivity contribution in [3.05, 3.63) is 79.3 Å². The van der Waals surface area contributed by atoms with Gasteiger partial charge in [-0.05, 0) is 30.3 Å². The first kappa shape index (κ1) is 16.6. The SMILES string of the molecule is O=C(Nc1ccc(Cl)c([N+](=O)[O-])c1)c1c[nH]c2ccc(F)cc2c1=O. The third-order valence-corrected chi connectivity index (χ3v) is 3.81. The van der Waals surface area contributed by atoms with Gasteiger partial charge < -0.3 is 10.3 Å². The summed E-state index contributed by atoms with van der Waals surface area (Å²) in [6, 6.07) is 7.30. The average Bonchev–Trinajstić information content (AvgIpc) is 2.57. The molecule has 0 spiro atoms. The second kappa shape index (κ2) is 6.33. The van der Waals surface area contributed by atoms with E-state index >= 15 is 0 Å². The monoisotopic (exact) mass is 361 g/mol. The third-order valence-electron chi connectivity index (χ3n) is 3.49. The molecule has 2 N–H and O–H groups in total. The van der Waals surface area contributed by atoms with Crippen molar-refractivity contribution in [3.63, 3.8) is 0 Å². The van der Waals surface area contributed by atoms with Gasteiger partial charge in [0.1, 0.15) is 16.4 Å². The van der Waals surface area contributed by atoms with Crippen molar-refractivity contribution in [1.29, 1.82) is 0 Å². The molecule has 0 saturated heterocycles. The number of aromatic amines is 1. The standard InChI is InChI=1S/C16H9ClFN3O4/c17-12-3-2-9(6-14(12)21(24)25)20-16(23)11-7-19-13-4-1-8(18)5-10(13)15(11)22/h1-7H,(H,19,22)(H,20,23). The van der Waals surface area contributed by atoms with Crippen molar-refractivity contribution < 1.29 is 14.1 Å². The van der Waals surface area contributed by atoms with Gasteiger partial charge in [0.05, 0.1) is 4.92 Å². The number of rotatable bonds is 3. The van der Waals surface area contributed by atoms with Crippen LogP contribution < -0.4 is 10.7 Å². The summed E-state index contributed by atoms with van der Waals surface area (Å²) in [6.45, 7) is 0. The molecule has 0 aliphatic rings. The van der Waals surface area contributed by atoms with Gasteiger partial charge in [-0.25, -0.2) is 4.39 Å². The molecule has 9 heteroatoms. The predicted octanol–water partition coefficient (Wildman–Crippen LogP) is 3.48. The number of nitrogens with one attached hydrogen (secondary N) is 2. The highest BCUT2D eigenvalue weighted by Crippen LogP contribution is 2.27. The van der Waals surface area contributed by atoms with Crippen molar-refractivity contribution in [2.45, 2.75) is 0 Å². The number of anilines is 1. The van der Waals surface area contributed by atoms with Gasteiger partial charge in [-0.3, -0.25) is 19.7 Å². The smallest absolute Gasteiger partial charge is 0.289 e. The van der Waals surface area contributed by atoms with Crippen LogP contribution in [-0.4, -0.2) is 15.8 Å². The maximum Gasteiger partial charge on any atom is 0.289 e. The maximum atomic E-state index is 13.3. The normalized spacial score (nSPS) is 10.6. The summed E-state index contributed by atoms with van der Waals surface area (Å²) < 4.78 is 13.3. The van der Waals surface area contributed by atoms with Crippen molar-refractivity contribution in [2.24, 2.45) is 0 Å². The van der Waals surface area contributed by atoms with Crippen molar-refractivity contribution in [3.8, 4) is 0 Å². The van der Waals surface area contributed by atoms with Gasteiger partial charge in [0, 0.05) is 28.9 Å². The van der Waals surface area contributed by atoms with Crippen LogP contribution >= 0.6 is 11.6 Å². The van der Waals surface area contributed by atoms with Gasteiger partial charge in [0.25, 0.3) is 11.6 Å². The first-order chi connectivity index (χ1) is 11.9. The molecule has 0 unspecified atom stereocenters. The Labute approximate surface area is 144 Å². The van der Waals surface area contributed by atoms with E-state index in [0.717, 1.165) is 12.1 Å². The van der Waals surface area contributed by atoms with E-state index < -0.39 is 22.1 Å². The molecular weight excluding hydrogens is 353 g/mol. The quantitative estimate of drug-likeness (QED) is 0.550. The van der Waals surface area contributed by atoms with Crippen molar-refractivity contribution in [2.75, 3.05) is 5.32 Å². The van der Waals surface area contributed by atoms with E-state index in [2.05, 4.69) is 10.3 Å². The van der Waals surface area contributed by atoms with Crippen LogP contribution in [0.3, 0.4) is 0 Å². The van der Waals surface area contributed by atoms with Crippen LogP contribution in [0.2, 0.25) is 5.02 Å². The summed E-state index contributed by atoms with van der Waals surface area (Å²) in [5.41, 5.74) is -0.816. The Hall–Kier alpha value is -3.26. The van der Waals surface area contributed by atoms with Crippen LogP contribution in [-0.2, 0) is 0 Å². The van der Waals surface area contributed by atoms with Crippen LogP contribution in [0.1, 0.15) is 10.4 Å². The van der Waals surface area contributed by atoms with Crippen LogP contribution in [0.5, 0.6) is 0 Å². The number of fused-ring (bicyclic) bond motifs is 1. The van der Waals surface area contributed by atoms with Crippen LogP contribution in [0.15, 0.2) is 47.4 Å². The molecule has 1 heterocycles. The Balaban J connectivity index is 1.98. The Kier molecular flexibility index (Phi) is 4.20. The summed E-state index contributed by atoms with van der Waals surface area (Å²) in [5.74, 6) is -1.40. The number of nitro groups is 1. The summed E-state index contributed by atoms with van der Waals surface area (Å²) in [4.78, 5) is 37.6. The predicted molar refractivity (Wildman–Crippen MR) is 90.6 cm³/mol. The number of aromatic nitrogens is 1.